The Morgan fingerprint density at radius 2 is 2.36 bits per heavy atom. The van der Waals surface area contributed by atoms with Gasteiger partial charge < -0.3 is 5.11 Å². The lowest BCUT2D eigenvalue weighted by atomic mass is 10.0. The van der Waals surface area contributed by atoms with Crippen LogP contribution in [0, 0.1) is 0 Å². The highest BCUT2D eigenvalue weighted by atomic mass is 16.4. The Morgan fingerprint density at radius 1 is 1.64 bits per heavy atom. The van der Waals surface area contributed by atoms with Gasteiger partial charge in [-0.15, -0.1) is 0 Å². The molecule has 1 aromatic rings. The fraction of sp³-hybridized carbons (Fsp3) is 0.625. The van der Waals surface area contributed by atoms with Crippen LogP contribution in [-0.4, -0.2) is 26.3 Å². The first kappa shape index (κ1) is 10.5. The molecule has 0 bridgehead atoms. The maximum atomic E-state index is 10.8. The van der Waals surface area contributed by atoms with E-state index < -0.39 is 17.6 Å². The van der Waals surface area contributed by atoms with Crippen LogP contribution in [0.3, 0.4) is 0 Å². The molecule has 6 heteroatoms. The van der Waals surface area contributed by atoms with Gasteiger partial charge in [0.15, 0.2) is 0 Å². The average Bonchev–Trinajstić information content (AvgIpc) is 2.52. The van der Waals surface area contributed by atoms with E-state index in [1.54, 1.807) is 0 Å². The van der Waals surface area contributed by atoms with Crippen molar-refractivity contribution in [1.82, 2.24) is 15.2 Å². The Kier molecular flexibility index (Phi) is 3.44. The van der Waals surface area contributed by atoms with Crippen molar-refractivity contribution < 1.29 is 9.90 Å². The van der Waals surface area contributed by atoms with E-state index in [-0.39, 0.29) is 5.82 Å². The second-order valence-electron chi connectivity index (χ2n) is 3.10. The summed E-state index contributed by atoms with van der Waals surface area (Å²) >= 11 is 0. The molecule has 0 saturated carbocycles. The minimum atomic E-state index is -0.957. The van der Waals surface area contributed by atoms with E-state index in [1.165, 1.54) is 0 Å². The highest BCUT2D eigenvalue weighted by Gasteiger charge is 2.22. The number of unbranched alkanes of at least 4 members (excludes halogenated alkanes) is 1. The molecule has 1 heterocycles. The number of hydrogen-bond donors (Lipinski definition) is 3. The third-order valence-corrected chi connectivity index (χ3v) is 1.99. The largest absolute Gasteiger partial charge is 0.481 e. The Balaban J connectivity index is 2.77. The lowest BCUT2D eigenvalue weighted by Gasteiger charge is -2.06. The highest BCUT2D eigenvalue weighted by molar-refractivity contribution is 5.74. The minimum absolute atomic E-state index is 0.205. The van der Waals surface area contributed by atoms with Gasteiger partial charge in [-0.1, -0.05) is 19.8 Å². The summed E-state index contributed by atoms with van der Waals surface area (Å²) in [4.78, 5) is 23.9. The lowest BCUT2D eigenvalue weighted by molar-refractivity contribution is -0.139. The fourth-order valence-corrected chi connectivity index (χ4v) is 1.23. The van der Waals surface area contributed by atoms with Gasteiger partial charge in [-0.05, 0) is 6.42 Å². The summed E-state index contributed by atoms with van der Waals surface area (Å²) in [5.41, 5.74) is -0.470. The third-order valence-electron chi connectivity index (χ3n) is 1.99. The average molecular weight is 199 g/mol. The number of hydrogen-bond acceptors (Lipinski definition) is 3. The summed E-state index contributed by atoms with van der Waals surface area (Å²) in [6, 6.07) is 0. The van der Waals surface area contributed by atoms with Crippen LogP contribution in [0.2, 0.25) is 0 Å². The maximum absolute atomic E-state index is 10.8. The standard InChI is InChI=1S/C8H13N3O3/c1-2-3-4-5(7(12)13)6-9-8(14)11-10-6/h5H,2-4H2,1H3,(H,12,13)(H2,9,10,11,14). The summed E-state index contributed by atoms with van der Waals surface area (Å²) in [5.74, 6) is -1.47. The molecule has 0 aliphatic heterocycles. The minimum Gasteiger partial charge on any atom is -0.481 e. The van der Waals surface area contributed by atoms with E-state index in [0.29, 0.717) is 6.42 Å². The number of aliphatic carboxylic acids is 1. The molecule has 0 fully saturated rings. The van der Waals surface area contributed by atoms with Crippen LogP contribution in [0.4, 0.5) is 0 Å². The fourth-order valence-electron chi connectivity index (χ4n) is 1.23. The summed E-state index contributed by atoms with van der Waals surface area (Å²) in [6.07, 6.45) is 2.21. The molecule has 1 unspecified atom stereocenters. The molecule has 3 N–H and O–H groups in total. The summed E-state index contributed by atoms with van der Waals surface area (Å²) in [6.45, 7) is 1.98. The number of rotatable bonds is 5. The van der Waals surface area contributed by atoms with Gasteiger partial charge in [0, 0.05) is 0 Å². The molecular formula is C8H13N3O3. The van der Waals surface area contributed by atoms with Crippen molar-refractivity contribution in [1.29, 1.82) is 0 Å². The molecule has 0 aliphatic rings. The smallest absolute Gasteiger partial charge is 0.340 e. The second kappa shape index (κ2) is 4.59. The summed E-state index contributed by atoms with van der Waals surface area (Å²) < 4.78 is 0. The molecule has 78 valence electrons. The van der Waals surface area contributed by atoms with E-state index in [4.69, 9.17) is 5.11 Å². The molecule has 6 nitrogen and oxygen atoms in total. The van der Waals surface area contributed by atoms with Gasteiger partial charge in [0.2, 0.25) is 0 Å². The van der Waals surface area contributed by atoms with E-state index >= 15 is 0 Å². The van der Waals surface area contributed by atoms with Crippen molar-refractivity contribution >= 4 is 5.97 Å². The normalized spacial score (nSPS) is 12.6. The maximum Gasteiger partial charge on any atom is 0.340 e. The van der Waals surface area contributed by atoms with Crippen LogP contribution < -0.4 is 5.69 Å². The molecular weight excluding hydrogens is 186 g/mol. The Bertz CT molecular complexity index is 355. The summed E-state index contributed by atoms with van der Waals surface area (Å²) in [5, 5.41) is 14.7. The van der Waals surface area contributed by atoms with Crippen LogP contribution in [0.1, 0.15) is 37.9 Å². The van der Waals surface area contributed by atoms with Crippen molar-refractivity contribution in [2.75, 3.05) is 0 Å². The monoisotopic (exact) mass is 199 g/mol. The highest BCUT2D eigenvalue weighted by Crippen LogP contribution is 2.17. The molecule has 1 aromatic heterocycles. The van der Waals surface area contributed by atoms with Crippen molar-refractivity contribution in [3.63, 3.8) is 0 Å². The summed E-state index contributed by atoms with van der Waals surface area (Å²) in [7, 11) is 0. The van der Waals surface area contributed by atoms with Crippen LogP contribution in [0.15, 0.2) is 4.79 Å². The van der Waals surface area contributed by atoms with Crippen molar-refractivity contribution in [3.8, 4) is 0 Å². The number of H-pyrrole nitrogens is 2. The molecule has 0 saturated heterocycles. The quantitative estimate of drug-likeness (QED) is 0.641. The van der Waals surface area contributed by atoms with Gasteiger partial charge in [-0.3, -0.25) is 9.78 Å². The number of carbonyl (C=O) groups is 1. The first-order valence-electron chi connectivity index (χ1n) is 4.52. The van der Waals surface area contributed by atoms with Crippen LogP contribution >= 0.6 is 0 Å². The molecule has 1 rings (SSSR count). The topological polar surface area (TPSA) is 98.8 Å². The zero-order valence-corrected chi connectivity index (χ0v) is 7.91. The zero-order chi connectivity index (χ0) is 10.6. The molecule has 0 amide bonds. The van der Waals surface area contributed by atoms with Gasteiger partial charge in [-0.2, -0.15) is 5.10 Å². The predicted octanol–water partition coefficient (Wildman–Crippen LogP) is 0.456. The van der Waals surface area contributed by atoms with Gasteiger partial charge in [0.1, 0.15) is 11.7 Å². The third kappa shape index (κ3) is 2.45. The lowest BCUT2D eigenvalue weighted by Crippen LogP contribution is -2.14. The van der Waals surface area contributed by atoms with Crippen molar-refractivity contribution in [2.24, 2.45) is 0 Å². The molecule has 1 atom stereocenters. The van der Waals surface area contributed by atoms with Crippen LogP contribution in [0.25, 0.3) is 0 Å². The molecule has 0 aliphatic carbocycles. The Morgan fingerprint density at radius 3 is 2.79 bits per heavy atom. The first-order valence-corrected chi connectivity index (χ1v) is 4.52. The number of nitrogens with zero attached hydrogens (tertiary/aromatic N) is 1. The van der Waals surface area contributed by atoms with E-state index in [2.05, 4.69) is 15.2 Å². The number of nitrogens with one attached hydrogen (secondary N) is 2. The zero-order valence-electron chi connectivity index (χ0n) is 7.91. The van der Waals surface area contributed by atoms with E-state index in [0.717, 1.165) is 12.8 Å². The van der Waals surface area contributed by atoms with Gasteiger partial charge in [-0.25, -0.2) is 9.89 Å². The predicted molar refractivity (Wildman–Crippen MR) is 49.1 cm³/mol. The number of carboxylic acids is 1. The van der Waals surface area contributed by atoms with Crippen molar-refractivity contribution in [3.05, 3.63) is 16.3 Å². The van der Waals surface area contributed by atoms with Crippen LogP contribution in [-0.2, 0) is 4.79 Å². The Hall–Kier alpha value is -1.59. The molecule has 14 heavy (non-hydrogen) atoms. The SMILES string of the molecule is CCCCC(C(=O)O)c1n[nH]c(=O)[nH]1. The molecule has 0 aromatic carbocycles. The van der Waals surface area contributed by atoms with E-state index in [9.17, 15) is 9.59 Å². The van der Waals surface area contributed by atoms with E-state index in [1.807, 2.05) is 6.92 Å². The second-order valence-corrected chi connectivity index (χ2v) is 3.10. The number of carboxylic acid groups (broad SMARTS) is 1. The van der Waals surface area contributed by atoms with Gasteiger partial charge >= 0.3 is 11.7 Å². The first-order chi connectivity index (χ1) is 6.65. The van der Waals surface area contributed by atoms with Gasteiger partial charge in [0.25, 0.3) is 0 Å². The van der Waals surface area contributed by atoms with Gasteiger partial charge in [0.05, 0.1) is 0 Å². The number of aromatic nitrogens is 3. The van der Waals surface area contributed by atoms with Crippen molar-refractivity contribution in [2.45, 2.75) is 32.1 Å². The Labute approximate surface area is 80.4 Å². The number of aromatic amines is 2. The van der Waals surface area contributed by atoms with Crippen LogP contribution in [0.5, 0.6) is 0 Å². The molecule has 0 radical (unpaired) electrons. The molecule has 0 spiro atoms.